The Kier molecular flexibility index (Phi) is 6.84. The van der Waals surface area contributed by atoms with E-state index in [0.717, 1.165) is 24.1 Å². The SMILES string of the molecule is CC(=O)N[C@H]1C[C@@H](c2ccc(NC(=O)c3cccc(-n4cnnc4)c3)cc2)O[C@@H](C(C)C)C1. The van der Waals surface area contributed by atoms with Crippen LogP contribution in [-0.2, 0) is 9.53 Å². The lowest BCUT2D eigenvalue weighted by Gasteiger charge is -2.37. The molecule has 3 atom stereocenters. The molecule has 0 saturated carbocycles. The molecule has 0 unspecified atom stereocenters. The summed E-state index contributed by atoms with van der Waals surface area (Å²) in [6.07, 6.45) is 4.69. The summed E-state index contributed by atoms with van der Waals surface area (Å²) in [6.45, 7) is 5.82. The van der Waals surface area contributed by atoms with E-state index in [4.69, 9.17) is 4.74 Å². The number of nitrogens with one attached hydrogen (secondary N) is 2. The van der Waals surface area contributed by atoms with Crippen molar-refractivity contribution in [1.29, 1.82) is 0 Å². The molecule has 0 bridgehead atoms. The van der Waals surface area contributed by atoms with E-state index in [1.165, 1.54) is 0 Å². The number of carbonyl (C=O) groups excluding carboxylic acids is 2. The van der Waals surface area contributed by atoms with Crippen LogP contribution >= 0.6 is 0 Å². The quantitative estimate of drug-likeness (QED) is 0.597. The summed E-state index contributed by atoms with van der Waals surface area (Å²) < 4.78 is 8.08. The minimum atomic E-state index is -0.197. The Morgan fingerprint density at radius 3 is 2.45 bits per heavy atom. The third-order valence-corrected chi connectivity index (χ3v) is 5.87. The predicted molar refractivity (Wildman–Crippen MR) is 125 cm³/mol. The van der Waals surface area contributed by atoms with Crippen LogP contribution in [0.25, 0.3) is 5.69 Å². The third-order valence-electron chi connectivity index (χ3n) is 5.87. The Hall–Kier alpha value is -3.52. The van der Waals surface area contributed by atoms with Gasteiger partial charge in [0.15, 0.2) is 0 Å². The maximum Gasteiger partial charge on any atom is 0.255 e. The van der Waals surface area contributed by atoms with Crippen LogP contribution in [0, 0.1) is 5.92 Å². The highest BCUT2D eigenvalue weighted by Crippen LogP contribution is 2.34. The molecule has 0 aliphatic carbocycles. The van der Waals surface area contributed by atoms with Crippen LogP contribution < -0.4 is 10.6 Å². The Balaban J connectivity index is 1.44. The molecule has 0 radical (unpaired) electrons. The number of aromatic nitrogens is 3. The average molecular weight is 448 g/mol. The van der Waals surface area contributed by atoms with E-state index in [1.54, 1.807) is 36.3 Å². The first-order chi connectivity index (χ1) is 15.9. The standard InChI is InChI=1S/C25H29N5O3/c1-16(2)23-12-21(28-17(3)31)13-24(33-23)18-7-9-20(10-8-18)29-25(32)19-5-4-6-22(11-19)30-14-26-27-15-30/h4-11,14-16,21,23-24H,12-13H2,1-3H3,(H,28,31)(H,29,32)/t21-,23-,24+/m1/s1. The van der Waals surface area contributed by atoms with Crippen molar-refractivity contribution in [3.63, 3.8) is 0 Å². The van der Waals surface area contributed by atoms with Crippen LogP contribution in [0.15, 0.2) is 61.2 Å². The number of anilines is 1. The summed E-state index contributed by atoms with van der Waals surface area (Å²) in [4.78, 5) is 24.4. The largest absolute Gasteiger partial charge is 0.370 e. The zero-order valence-corrected chi connectivity index (χ0v) is 19.1. The van der Waals surface area contributed by atoms with Crippen molar-refractivity contribution in [1.82, 2.24) is 20.1 Å². The summed E-state index contributed by atoms with van der Waals surface area (Å²) in [5, 5.41) is 13.6. The Morgan fingerprint density at radius 2 is 1.79 bits per heavy atom. The number of nitrogens with zero attached hydrogens (tertiary/aromatic N) is 3. The molecule has 3 aromatic rings. The van der Waals surface area contributed by atoms with Gasteiger partial charge in [0.1, 0.15) is 12.7 Å². The Bertz CT molecular complexity index is 1100. The molecule has 1 aliphatic heterocycles. The topological polar surface area (TPSA) is 98.1 Å². The number of ether oxygens (including phenoxy) is 1. The van der Waals surface area contributed by atoms with E-state index >= 15 is 0 Å². The van der Waals surface area contributed by atoms with Gasteiger partial charge in [0.25, 0.3) is 5.91 Å². The number of amides is 2. The summed E-state index contributed by atoms with van der Waals surface area (Å²) in [5.41, 5.74) is 3.08. The minimum Gasteiger partial charge on any atom is -0.370 e. The number of hydrogen-bond acceptors (Lipinski definition) is 5. The molecule has 8 nitrogen and oxygen atoms in total. The van der Waals surface area contributed by atoms with Gasteiger partial charge < -0.3 is 15.4 Å². The van der Waals surface area contributed by atoms with Crippen molar-refractivity contribution < 1.29 is 14.3 Å². The fourth-order valence-electron chi connectivity index (χ4n) is 4.13. The van der Waals surface area contributed by atoms with Gasteiger partial charge in [-0.25, -0.2) is 0 Å². The van der Waals surface area contributed by atoms with Gasteiger partial charge in [-0.2, -0.15) is 0 Å². The fourth-order valence-corrected chi connectivity index (χ4v) is 4.13. The maximum absolute atomic E-state index is 12.8. The number of hydrogen-bond donors (Lipinski definition) is 2. The van der Waals surface area contributed by atoms with E-state index < -0.39 is 0 Å². The molecular formula is C25H29N5O3. The molecule has 8 heteroatoms. The minimum absolute atomic E-state index is 0.0189. The smallest absolute Gasteiger partial charge is 0.255 e. The van der Waals surface area contributed by atoms with Gasteiger partial charge in [0.05, 0.1) is 12.2 Å². The van der Waals surface area contributed by atoms with Gasteiger partial charge >= 0.3 is 0 Å². The second kappa shape index (κ2) is 9.95. The monoisotopic (exact) mass is 447 g/mol. The lowest BCUT2D eigenvalue weighted by Crippen LogP contribution is -2.43. The average Bonchev–Trinajstić information content (AvgIpc) is 3.34. The van der Waals surface area contributed by atoms with Crippen LogP contribution in [0.4, 0.5) is 5.69 Å². The highest BCUT2D eigenvalue weighted by molar-refractivity contribution is 6.04. The molecule has 1 fully saturated rings. The number of rotatable bonds is 6. The van der Waals surface area contributed by atoms with E-state index in [9.17, 15) is 9.59 Å². The zero-order chi connectivity index (χ0) is 23.4. The van der Waals surface area contributed by atoms with Crippen LogP contribution in [0.3, 0.4) is 0 Å². The van der Waals surface area contributed by atoms with Crippen LogP contribution in [0.5, 0.6) is 0 Å². The molecule has 172 valence electrons. The maximum atomic E-state index is 12.8. The van der Waals surface area contributed by atoms with Crippen molar-refractivity contribution >= 4 is 17.5 Å². The van der Waals surface area contributed by atoms with Crippen molar-refractivity contribution in [2.75, 3.05) is 5.32 Å². The molecule has 33 heavy (non-hydrogen) atoms. The molecule has 1 saturated heterocycles. The van der Waals surface area contributed by atoms with Gasteiger partial charge in [0.2, 0.25) is 5.91 Å². The van der Waals surface area contributed by atoms with Crippen molar-refractivity contribution in [2.45, 2.75) is 51.9 Å². The first-order valence-electron chi connectivity index (χ1n) is 11.2. The van der Waals surface area contributed by atoms with Crippen molar-refractivity contribution in [3.8, 4) is 5.69 Å². The highest BCUT2D eigenvalue weighted by atomic mass is 16.5. The van der Waals surface area contributed by atoms with Crippen LogP contribution in [0.1, 0.15) is 55.6 Å². The van der Waals surface area contributed by atoms with E-state index in [-0.39, 0.29) is 30.1 Å². The number of benzene rings is 2. The molecular weight excluding hydrogens is 418 g/mol. The lowest BCUT2D eigenvalue weighted by atomic mass is 9.90. The van der Waals surface area contributed by atoms with Crippen molar-refractivity contribution in [3.05, 3.63) is 72.3 Å². The summed E-state index contributed by atoms with van der Waals surface area (Å²) in [7, 11) is 0. The van der Waals surface area contributed by atoms with Crippen molar-refractivity contribution in [2.24, 2.45) is 5.92 Å². The van der Waals surface area contributed by atoms with E-state index in [0.29, 0.717) is 17.2 Å². The second-order valence-corrected chi connectivity index (χ2v) is 8.77. The van der Waals surface area contributed by atoms with Gasteiger partial charge in [0, 0.05) is 29.9 Å². The first-order valence-corrected chi connectivity index (χ1v) is 11.2. The lowest BCUT2D eigenvalue weighted by molar-refractivity contribution is -0.123. The third kappa shape index (κ3) is 5.64. The highest BCUT2D eigenvalue weighted by Gasteiger charge is 2.32. The zero-order valence-electron chi connectivity index (χ0n) is 19.1. The molecule has 1 aromatic heterocycles. The predicted octanol–water partition coefficient (Wildman–Crippen LogP) is 3.90. The Morgan fingerprint density at radius 1 is 1.06 bits per heavy atom. The summed E-state index contributed by atoms with van der Waals surface area (Å²) in [5.74, 6) is 0.142. The number of carbonyl (C=O) groups is 2. The molecule has 1 aliphatic rings. The van der Waals surface area contributed by atoms with Crippen LogP contribution in [-0.4, -0.2) is 38.7 Å². The second-order valence-electron chi connectivity index (χ2n) is 8.77. The van der Waals surface area contributed by atoms with Gasteiger partial charge in [-0.05, 0) is 54.7 Å². The summed E-state index contributed by atoms with van der Waals surface area (Å²) >= 11 is 0. The van der Waals surface area contributed by atoms with Gasteiger partial charge in [-0.1, -0.05) is 32.0 Å². The van der Waals surface area contributed by atoms with Gasteiger partial charge in [-0.15, -0.1) is 10.2 Å². The molecule has 0 spiro atoms. The summed E-state index contributed by atoms with van der Waals surface area (Å²) in [6, 6.07) is 15.1. The van der Waals surface area contributed by atoms with E-state index in [2.05, 4.69) is 34.7 Å². The molecule has 4 rings (SSSR count). The fraction of sp³-hybridized carbons (Fsp3) is 0.360. The first kappa shape index (κ1) is 22.7. The molecule has 2 amide bonds. The molecule has 2 heterocycles. The Labute approximate surface area is 193 Å². The van der Waals surface area contributed by atoms with Crippen LogP contribution in [0.2, 0.25) is 0 Å². The van der Waals surface area contributed by atoms with Gasteiger partial charge in [-0.3, -0.25) is 14.2 Å². The normalized spacial score (nSPS) is 20.4. The molecule has 2 N–H and O–H groups in total. The van der Waals surface area contributed by atoms with E-state index in [1.807, 2.05) is 36.4 Å². The molecule has 2 aromatic carbocycles.